The van der Waals surface area contributed by atoms with E-state index in [4.69, 9.17) is 15.7 Å². The zero-order valence-corrected chi connectivity index (χ0v) is 25.9. The molecule has 1 fully saturated rings. The smallest absolute Gasteiger partial charge is 0.266 e. The maximum Gasteiger partial charge on any atom is 0.266 e. The molecule has 2 unspecified atom stereocenters. The van der Waals surface area contributed by atoms with Crippen LogP contribution in [0.15, 0.2) is 60.7 Å². The molecule has 2 heterocycles. The van der Waals surface area contributed by atoms with E-state index in [9.17, 15) is 9.59 Å². The molecule has 0 radical (unpaired) electrons. The van der Waals surface area contributed by atoms with Gasteiger partial charge < -0.3 is 15.4 Å². The Bertz CT molecular complexity index is 1170. The summed E-state index contributed by atoms with van der Waals surface area (Å²) in [4.78, 5) is 29.2. The fourth-order valence-electron chi connectivity index (χ4n) is 4.12. The number of carbonyl (C=O) groups is 2. The monoisotopic (exact) mass is 566 g/mol. The minimum Gasteiger partial charge on any atom is -0.489 e. The van der Waals surface area contributed by atoms with Gasteiger partial charge in [-0.3, -0.25) is 19.8 Å². The van der Waals surface area contributed by atoms with E-state index in [2.05, 4.69) is 44.8 Å². The van der Waals surface area contributed by atoms with Crippen LogP contribution in [0, 0.1) is 12.8 Å². The van der Waals surface area contributed by atoms with E-state index >= 15 is 0 Å². The third-order valence-corrected chi connectivity index (χ3v) is 5.83. The lowest BCUT2D eigenvalue weighted by atomic mass is 10.0. The number of ether oxygens (including phenoxy) is 1. The molecule has 1 aromatic heterocycles. The Labute approximate surface area is 246 Å². The van der Waals surface area contributed by atoms with Crippen LogP contribution in [0.25, 0.3) is 10.9 Å². The van der Waals surface area contributed by atoms with Crippen LogP contribution < -0.4 is 16.0 Å². The predicted molar refractivity (Wildman–Crippen MR) is 167 cm³/mol. The molecule has 8 nitrogen and oxygen atoms in total. The summed E-state index contributed by atoms with van der Waals surface area (Å²) in [5.74, 6) is 0.387. The average molecular weight is 567 g/mol. The van der Waals surface area contributed by atoms with Crippen LogP contribution in [0.2, 0.25) is 0 Å². The zero-order chi connectivity index (χ0) is 30.8. The predicted octanol–water partition coefficient (Wildman–Crippen LogP) is 6.42. The molecule has 226 valence electrons. The summed E-state index contributed by atoms with van der Waals surface area (Å²) in [6.45, 7) is 15.5. The number of hydrogen-bond acceptors (Lipinski definition) is 6. The Morgan fingerprint density at radius 3 is 2.20 bits per heavy atom. The van der Waals surface area contributed by atoms with Crippen LogP contribution in [-0.4, -0.2) is 45.5 Å². The van der Waals surface area contributed by atoms with Crippen molar-refractivity contribution < 1.29 is 19.5 Å². The number of pyridine rings is 1. The molecule has 1 saturated heterocycles. The lowest BCUT2D eigenvalue weighted by Crippen LogP contribution is -2.49. The van der Waals surface area contributed by atoms with Crippen LogP contribution in [0.1, 0.15) is 78.5 Å². The molecule has 0 spiro atoms. The molecule has 1 aliphatic heterocycles. The highest BCUT2D eigenvalue weighted by Crippen LogP contribution is 2.21. The number of nitrogens with one attached hydrogen (secondary N) is 1. The largest absolute Gasteiger partial charge is 0.489 e. The summed E-state index contributed by atoms with van der Waals surface area (Å²) >= 11 is 0. The van der Waals surface area contributed by atoms with Crippen LogP contribution >= 0.6 is 0 Å². The van der Waals surface area contributed by atoms with Gasteiger partial charge in [-0.1, -0.05) is 90.8 Å². The Balaban J connectivity index is 0.000000348. The van der Waals surface area contributed by atoms with Crippen molar-refractivity contribution in [3.05, 3.63) is 71.9 Å². The van der Waals surface area contributed by atoms with Crippen molar-refractivity contribution in [2.24, 2.45) is 11.7 Å². The van der Waals surface area contributed by atoms with E-state index in [1.165, 1.54) is 23.3 Å². The van der Waals surface area contributed by atoms with E-state index in [-0.39, 0.29) is 11.8 Å². The molecule has 3 aromatic rings. The molecular weight excluding hydrogens is 516 g/mol. The first-order valence-electron chi connectivity index (χ1n) is 14.7. The van der Waals surface area contributed by atoms with Crippen molar-refractivity contribution in [3.63, 3.8) is 0 Å². The highest BCUT2D eigenvalue weighted by Gasteiger charge is 2.37. The van der Waals surface area contributed by atoms with Gasteiger partial charge in [0.05, 0.1) is 11.6 Å². The first kappa shape index (κ1) is 35.5. The fraction of sp³-hybridized carbons (Fsp3) is 0.485. The first-order chi connectivity index (χ1) is 19.6. The Morgan fingerprint density at radius 1 is 1.07 bits per heavy atom. The number of para-hydroxylation sites is 2. The Morgan fingerprint density at radius 2 is 1.66 bits per heavy atom. The van der Waals surface area contributed by atoms with E-state index in [1.807, 2.05) is 69.3 Å². The van der Waals surface area contributed by atoms with Crippen molar-refractivity contribution >= 4 is 22.7 Å². The molecule has 2 atom stereocenters. The lowest BCUT2D eigenvalue weighted by Gasteiger charge is -2.27. The second kappa shape index (κ2) is 19.6. The van der Waals surface area contributed by atoms with Crippen LogP contribution in [0.3, 0.4) is 0 Å². The van der Waals surface area contributed by atoms with Gasteiger partial charge in [0.25, 0.3) is 5.91 Å². The molecule has 41 heavy (non-hydrogen) atoms. The number of amides is 2. The minimum absolute atomic E-state index is 0.214. The molecule has 0 aliphatic carbocycles. The second-order valence-electron chi connectivity index (χ2n) is 10.5. The number of benzene rings is 2. The van der Waals surface area contributed by atoms with Gasteiger partial charge in [0, 0.05) is 23.2 Å². The highest BCUT2D eigenvalue weighted by molar-refractivity contribution is 5.90. The van der Waals surface area contributed by atoms with Gasteiger partial charge in [-0.05, 0) is 49.9 Å². The number of carbonyl (C=O) groups excluding carboxylic acids is 2. The van der Waals surface area contributed by atoms with Crippen LogP contribution in [0.5, 0.6) is 5.75 Å². The van der Waals surface area contributed by atoms with Gasteiger partial charge >= 0.3 is 0 Å². The number of likely N-dealkylation sites (tertiary alicyclic amines) is 1. The summed E-state index contributed by atoms with van der Waals surface area (Å²) in [5.41, 5.74) is 10.4. The normalized spacial score (nSPS) is 14.6. The SMILES string of the molecule is CC(C)CC(C(=O)NO)N1CCC(N)C1=O.CCC.CCC.Cc1cc(COc2ccccc2)c2ccccc2n1. The van der Waals surface area contributed by atoms with Crippen molar-refractivity contribution in [3.8, 4) is 5.75 Å². The third-order valence-electron chi connectivity index (χ3n) is 5.83. The molecule has 0 bridgehead atoms. The van der Waals surface area contributed by atoms with E-state index in [1.54, 1.807) is 5.48 Å². The van der Waals surface area contributed by atoms with Gasteiger partial charge in [-0.15, -0.1) is 0 Å². The number of aryl methyl sites for hydroxylation is 1. The number of aromatic nitrogens is 1. The van der Waals surface area contributed by atoms with Crippen molar-refractivity contribution in [2.75, 3.05) is 6.54 Å². The first-order valence-corrected chi connectivity index (χ1v) is 14.7. The maximum absolute atomic E-state index is 11.7. The number of hydroxylamine groups is 1. The number of fused-ring (bicyclic) bond motifs is 1. The number of nitrogens with two attached hydrogens (primary N) is 1. The second-order valence-corrected chi connectivity index (χ2v) is 10.5. The molecule has 2 amide bonds. The van der Waals surface area contributed by atoms with Crippen LogP contribution in [0.4, 0.5) is 0 Å². The summed E-state index contributed by atoms with van der Waals surface area (Å²) in [6, 6.07) is 19.0. The lowest BCUT2D eigenvalue weighted by molar-refractivity contribution is -0.143. The summed E-state index contributed by atoms with van der Waals surface area (Å²) in [7, 11) is 0. The molecule has 8 heteroatoms. The fourth-order valence-corrected chi connectivity index (χ4v) is 4.12. The standard InChI is InChI=1S/C17H15NO.C10H19N3O3.2C3H8/c1-13-11-14(12-19-15-7-3-2-4-8-15)16-9-5-6-10-17(16)18-13;1-6(2)5-8(9(14)12-16)13-4-3-7(11)10(13)15;2*1-3-2/h2-11H,12H2,1H3;6-8,16H,3-5,11H2,1-2H3,(H,12,14);2*3H2,1-2H3. The van der Waals surface area contributed by atoms with Gasteiger partial charge in [0.1, 0.15) is 18.4 Å². The van der Waals surface area contributed by atoms with Gasteiger partial charge in [0.15, 0.2) is 0 Å². The number of nitrogens with zero attached hydrogens (tertiary/aromatic N) is 2. The summed E-state index contributed by atoms with van der Waals surface area (Å²) in [6.07, 6.45) is 3.58. The maximum atomic E-state index is 11.7. The molecule has 4 rings (SSSR count). The van der Waals surface area contributed by atoms with E-state index in [0.717, 1.165) is 22.3 Å². The minimum atomic E-state index is -0.619. The molecule has 2 aromatic carbocycles. The van der Waals surface area contributed by atoms with Crippen molar-refractivity contribution in [2.45, 2.75) is 92.8 Å². The average Bonchev–Trinajstić information content (AvgIpc) is 3.29. The summed E-state index contributed by atoms with van der Waals surface area (Å²) in [5, 5.41) is 9.82. The van der Waals surface area contributed by atoms with Crippen molar-refractivity contribution in [1.82, 2.24) is 15.4 Å². The molecule has 0 saturated carbocycles. The Kier molecular flexibility index (Phi) is 17.0. The molecule has 1 aliphatic rings. The van der Waals surface area contributed by atoms with Gasteiger partial charge in [0.2, 0.25) is 5.91 Å². The quantitative estimate of drug-likeness (QED) is 0.224. The third kappa shape index (κ3) is 12.3. The van der Waals surface area contributed by atoms with Gasteiger partial charge in [-0.2, -0.15) is 0 Å². The number of rotatable bonds is 7. The summed E-state index contributed by atoms with van der Waals surface area (Å²) < 4.78 is 5.83. The van der Waals surface area contributed by atoms with Gasteiger partial charge in [-0.25, -0.2) is 5.48 Å². The van der Waals surface area contributed by atoms with E-state index in [0.29, 0.717) is 26.0 Å². The van der Waals surface area contributed by atoms with Crippen LogP contribution in [-0.2, 0) is 16.2 Å². The number of hydrogen-bond donors (Lipinski definition) is 3. The molecule has 4 N–H and O–H groups in total. The topological polar surface area (TPSA) is 118 Å². The van der Waals surface area contributed by atoms with Crippen molar-refractivity contribution in [1.29, 1.82) is 0 Å². The molecular formula is C33H50N4O4. The highest BCUT2D eigenvalue weighted by atomic mass is 16.5. The van der Waals surface area contributed by atoms with E-state index < -0.39 is 18.0 Å². The Hall–Kier alpha value is -3.49. The zero-order valence-electron chi connectivity index (χ0n) is 25.9.